The van der Waals surface area contributed by atoms with E-state index in [0.717, 1.165) is 6.42 Å². The Balaban J connectivity index is 1.71. The first-order chi connectivity index (χ1) is 10.5. The topological polar surface area (TPSA) is 61.4 Å². The molecule has 2 aliphatic rings. The van der Waals surface area contributed by atoms with Gasteiger partial charge in [-0.1, -0.05) is 30.7 Å². The zero-order valence-electron chi connectivity index (χ0n) is 13.2. The van der Waals surface area contributed by atoms with Gasteiger partial charge in [-0.05, 0) is 30.4 Å². The highest BCUT2D eigenvalue weighted by atomic mass is 16.2. The number of nitrogens with one attached hydrogen (secondary N) is 2. The molecular weight excluding hydrogens is 278 g/mol. The van der Waals surface area contributed by atoms with E-state index in [0.29, 0.717) is 32.0 Å². The first kappa shape index (κ1) is 14.9. The molecule has 0 saturated carbocycles. The van der Waals surface area contributed by atoms with Crippen molar-refractivity contribution in [2.24, 2.45) is 5.92 Å². The van der Waals surface area contributed by atoms with Crippen molar-refractivity contribution < 1.29 is 9.59 Å². The number of amides is 3. The molecule has 5 nitrogen and oxygen atoms in total. The van der Waals surface area contributed by atoms with Crippen LogP contribution in [0.4, 0.5) is 4.79 Å². The zero-order chi connectivity index (χ0) is 15.7. The van der Waals surface area contributed by atoms with Crippen molar-refractivity contribution in [2.75, 3.05) is 19.6 Å². The molecule has 22 heavy (non-hydrogen) atoms. The fourth-order valence-corrected chi connectivity index (χ4v) is 3.38. The van der Waals surface area contributed by atoms with Crippen LogP contribution in [-0.2, 0) is 11.2 Å². The summed E-state index contributed by atoms with van der Waals surface area (Å²) in [7, 11) is 0. The highest BCUT2D eigenvalue weighted by molar-refractivity contribution is 5.79. The molecule has 0 spiro atoms. The predicted octanol–water partition coefficient (Wildman–Crippen LogP) is 1.76. The maximum Gasteiger partial charge on any atom is 0.317 e. The van der Waals surface area contributed by atoms with Crippen LogP contribution in [0.3, 0.4) is 0 Å². The van der Waals surface area contributed by atoms with Crippen LogP contribution in [0.1, 0.15) is 36.1 Å². The van der Waals surface area contributed by atoms with Crippen LogP contribution in [0, 0.1) is 12.8 Å². The van der Waals surface area contributed by atoms with Crippen molar-refractivity contribution in [3.05, 3.63) is 34.9 Å². The highest BCUT2D eigenvalue weighted by Crippen LogP contribution is 2.36. The van der Waals surface area contributed by atoms with Crippen LogP contribution >= 0.6 is 0 Å². The van der Waals surface area contributed by atoms with Gasteiger partial charge in [0.05, 0.1) is 6.04 Å². The van der Waals surface area contributed by atoms with Gasteiger partial charge in [0.25, 0.3) is 0 Å². The molecule has 1 aliphatic carbocycles. The van der Waals surface area contributed by atoms with E-state index in [9.17, 15) is 9.59 Å². The maximum absolute atomic E-state index is 12.5. The van der Waals surface area contributed by atoms with Gasteiger partial charge in [0.15, 0.2) is 0 Å². The van der Waals surface area contributed by atoms with Crippen LogP contribution in [-0.4, -0.2) is 36.5 Å². The van der Waals surface area contributed by atoms with Crippen molar-refractivity contribution in [2.45, 2.75) is 32.7 Å². The first-order valence-corrected chi connectivity index (χ1v) is 7.96. The van der Waals surface area contributed by atoms with E-state index in [1.54, 1.807) is 4.90 Å². The molecule has 2 atom stereocenters. The minimum Gasteiger partial charge on any atom is -0.354 e. The van der Waals surface area contributed by atoms with Gasteiger partial charge < -0.3 is 15.5 Å². The second-order valence-corrected chi connectivity index (χ2v) is 6.40. The largest absolute Gasteiger partial charge is 0.354 e. The summed E-state index contributed by atoms with van der Waals surface area (Å²) >= 11 is 0. The summed E-state index contributed by atoms with van der Waals surface area (Å²) in [6, 6.07) is 6.47. The molecule has 1 fully saturated rings. The Morgan fingerprint density at radius 3 is 3.00 bits per heavy atom. The van der Waals surface area contributed by atoms with Gasteiger partial charge in [-0.2, -0.15) is 0 Å². The van der Waals surface area contributed by atoms with Crippen molar-refractivity contribution in [1.82, 2.24) is 15.5 Å². The van der Waals surface area contributed by atoms with Crippen LogP contribution in [0.15, 0.2) is 18.2 Å². The number of hydrogen-bond acceptors (Lipinski definition) is 2. The molecule has 118 valence electrons. The lowest BCUT2D eigenvalue weighted by atomic mass is 10.0. The van der Waals surface area contributed by atoms with Crippen molar-refractivity contribution in [1.29, 1.82) is 0 Å². The smallest absolute Gasteiger partial charge is 0.317 e. The quantitative estimate of drug-likeness (QED) is 0.830. The molecule has 3 amide bonds. The van der Waals surface area contributed by atoms with E-state index in [-0.39, 0.29) is 18.0 Å². The Morgan fingerprint density at radius 1 is 1.36 bits per heavy atom. The van der Waals surface area contributed by atoms with Crippen LogP contribution < -0.4 is 10.6 Å². The number of fused-ring (bicyclic) bond motifs is 1. The Hall–Kier alpha value is -2.04. The van der Waals surface area contributed by atoms with Gasteiger partial charge in [0.2, 0.25) is 5.91 Å². The third-order valence-corrected chi connectivity index (χ3v) is 4.63. The van der Waals surface area contributed by atoms with Crippen molar-refractivity contribution in [3.8, 4) is 0 Å². The van der Waals surface area contributed by atoms with E-state index in [1.807, 2.05) is 0 Å². The number of rotatable bonds is 1. The summed E-state index contributed by atoms with van der Waals surface area (Å²) in [6.45, 7) is 5.84. The van der Waals surface area contributed by atoms with E-state index < -0.39 is 0 Å². The zero-order valence-corrected chi connectivity index (χ0v) is 13.2. The molecule has 0 radical (unpaired) electrons. The number of aryl methyl sites for hydroxylation is 1. The summed E-state index contributed by atoms with van der Waals surface area (Å²) in [5.41, 5.74) is 3.79. The number of nitrogens with zero attached hydrogens (tertiary/aromatic N) is 1. The molecule has 1 aliphatic heterocycles. The molecule has 1 saturated heterocycles. The van der Waals surface area contributed by atoms with Crippen molar-refractivity contribution >= 4 is 11.9 Å². The molecule has 3 rings (SSSR count). The number of carbonyl (C=O) groups excluding carboxylic acids is 2. The molecule has 0 aromatic heterocycles. The lowest BCUT2D eigenvalue weighted by Gasteiger charge is -2.25. The molecular formula is C17H23N3O2. The van der Waals surface area contributed by atoms with Gasteiger partial charge >= 0.3 is 6.03 Å². The lowest BCUT2D eigenvalue weighted by Crippen LogP contribution is -2.43. The van der Waals surface area contributed by atoms with Crippen LogP contribution in [0.5, 0.6) is 0 Å². The van der Waals surface area contributed by atoms with E-state index >= 15 is 0 Å². The number of benzene rings is 1. The van der Waals surface area contributed by atoms with Gasteiger partial charge in [-0.25, -0.2) is 4.79 Å². The fourth-order valence-electron chi connectivity index (χ4n) is 3.38. The molecule has 1 aromatic rings. The Bertz CT molecular complexity index is 600. The molecule has 1 aromatic carbocycles. The average molecular weight is 301 g/mol. The standard InChI is InChI=1S/C17H23N3O2/c1-11-3-4-13-10-12(2)16(14(13)9-11)19-17(22)20-7-5-15(21)18-6-8-20/h3-4,9,12,16H,5-8,10H2,1-2H3,(H,18,21)(H,19,22)/t12-,16+/m1/s1. The molecule has 0 unspecified atom stereocenters. The number of hydrogen-bond donors (Lipinski definition) is 2. The minimum absolute atomic E-state index is 0.0190. The van der Waals surface area contributed by atoms with Gasteiger partial charge in [-0.3, -0.25) is 4.79 Å². The molecule has 2 N–H and O–H groups in total. The Kier molecular flexibility index (Phi) is 4.05. The van der Waals surface area contributed by atoms with Crippen molar-refractivity contribution in [3.63, 3.8) is 0 Å². The number of carbonyl (C=O) groups is 2. The normalized spacial score (nSPS) is 24.5. The van der Waals surface area contributed by atoms with Crippen LogP contribution in [0.2, 0.25) is 0 Å². The van der Waals surface area contributed by atoms with Crippen LogP contribution in [0.25, 0.3) is 0 Å². The van der Waals surface area contributed by atoms with E-state index in [4.69, 9.17) is 0 Å². The third-order valence-electron chi connectivity index (χ3n) is 4.63. The minimum atomic E-state index is -0.0669. The Morgan fingerprint density at radius 2 is 2.18 bits per heavy atom. The fraction of sp³-hybridized carbons (Fsp3) is 0.529. The lowest BCUT2D eigenvalue weighted by molar-refractivity contribution is -0.120. The molecule has 1 heterocycles. The summed E-state index contributed by atoms with van der Waals surface area (Å²) in [5.74, 6) is 0.415. The SMILES string of the molecule is Cc1ccc2c(c1)[C@@H](NC(=O)N1CCNC(=O)CC1)[C@H](C)C2. The predicted molar refractivity (Wildman–Crippen MR) is 84.5 cm³/mol. The summed E-state index contributed by atoms with van der Waals surface area (Å²) in [5, 5.41) is 5.97. The summed E-state index contributed by atoms with van der Waals surface area (Å²) in [6.07, 6.45) is 1.38. The van der Waals surface area contributed by atoms with Gasteiger partial charge in [0.1, 0.15) is 0 Å². The second-order valence-electron chi connectivity index (χ2n) is 6.40. The highest BCUT2D eigenvalue weighted by Gasteiger charge is 2.32. The van der Waals surface area contributed by atoms with Gasteiger partial charge in [0, 0.05) is 26.1 Å². The summed E-state index contributed by atoms with van der Waals surface area (Å²) in [4.78, 5) is 25.6. The molecule has 0 bridgehead atoms. The first-order valence-electron chi connectivity index (χ1n) is 7.96. The van der Waals surface area contributed by atoms with E-state index in [1.165, 1.54) is 16.7 Å². The maximum atomic E-state index is 12.5. The Labute approximate surface area is 131 Å². The summed E-state index contributed by atoms with van der Waals surface area (Å²) < 4.78 is 0. The number of urea groups is 1. The average Bonchev–Trinajstić information content (AvgIpc) is 2.65. The monoisotopic (exact) mass is 301 g/mol. The van der Waals surface area contributed by atoms with E-state index in [2.05, 4.69) is 42.7 Å². The third kappa shape index (κ3) is 2.93. The van der Waals surface area contributed by atoms with Gasteiger partial charge in [-0.15, -0.1) is 0 Å². The molecule has 5 heteroatoms. The second kappa shape index (κ2) is 5.99.